The summed E-state index contributed by atoms with van der Waals surface area (Å²) in [5.74, 6) is 0.247. The van der Waals surface area contributed by atoms with Crippen LogP contribution >= 0.6 is 0 Å². The molecule has 108 valence electrons. The number of aryl methyl sites for hydroxylation is 1. The quantitative estimate of drug-likeness (QED) is 0.937. The van der Waals surface area contributed by atoms with Gasteiger partial charge in [0, 0.05) is 6.54 Å². The minimum atomic E-state index is -0.550. The molecule has 0 unspecified atom stereocenters. The molecule has 5 heteroatoms. The SMILES string of the molecule is Cc1ccccc1[C@H]1CCCN1c1ccc(C(N)=O)nn1. The van der Waals surface area contributed by atoms with Crippen LogP contribution in [0.5, 0.6) is 0 Å². The van der Waals surface area contributed by atoms with Gasteiger partial charge in [-0.15, -0.1) is 10.2 Å². The topological polar surface area (TPSA) is 72.1 Å². The Kier molecular flexibility index (Phi) is 3.56. The highest BCUT2D eigenvalue weighted by atomic mass is 16.1. The first-order chi connectivity index (χ1) is 10.2. The number of anilines is 1. The Morgan fingerprint density at radius 1 is 1.24 bits per heavy atom. The molecule has 2 aromatic rings. The third-order valence-electron chi connectivity index (χ3n) is 4.00. The Labute approximate surface area is 123 Å². The minimum Gasteiger partial charge on any atom is -0.364 e. The van der Waals surface area contributed by atoms with E-state index in [0.29, 0.717) is 6.04 Å². The summed E-state index contributed by atoms with van der Waals surface area (Å²) in [6, 6.07) is 12.2. The average molecular weight is 282 g/mol. The Balaban J connectivity index is 1.90. The molecule has 0 aliphatic carbocycles. The third kappa shape index (κ3) is 2.59. The highest BCUT2D eigenvalue weighted by Crippen LogP contribution is 2.36. The van der Waals surface area contributed by atoms with Crippen molar-refractivity contribution in [1.29, 1.82) is 0 Å². The van der Waals surface area contributed by atoms with Gasteiger partial charge < -0.3 is 10.6 Å². The van der Waals surface area contributed by atoms with Crippen molar-refractivity contribution in [3.8, 4) is 0 Å². The van der Waals surface area contributed by atoms with Gasteiger partial charge in [0.05, 0.1) is 6.04 Å². The summed E-state index contributed by atoms with van der Waals surface area (Å²) in [4.78, 5) is 13.3. The van der Waals surface area contributed by atoms with E-state index in [1.54, 1.807) is 6.07 Å². The molecule has 21 heavy (non-hydrogen) atoms. The minimum absolute atomic E-state index is 0.199. The first-order valence-electron chi connectivity index (χ1n) is 7.12. The van der Waals surface area contributed by atoms with Gasteiger partial charge in [0.25, 0.3) is 5.91 Å². The van der Waals surface area contributed by atoms with Crippen LogP contribution in [0.15, 0.2) is 36.4 Å². The number of rotatable bonds is 3. The van der Waals surface area contributed by atoms with Crippen LogP contribution in [0.1, 0.15) is 40.5 Å². The van der Waals surface area contributed by atoms with Gasteiger partial charge in [-0.25, -0.2) is 0 Å². The van der Waals surface area contributed by atoms with E-state index in [-0.39, 0.29) is 5.69 Å². The molecule has 3 rings (SSSR count). The molecule has 0 bridgehead atoms. The van der Waals surface area contributed by atoms with Gasteiger partial charge in [-0.1, -0.05) is 24.3 Å². The number of nitrogens with zero attached hydrogens (tertiary/aromatic N) is 3. The Bertz CT molecular complexity index is 654. The molecular formula is C16H18N4O. The van der Waals surface area contributed by atoms with Crippen LogP contribution in [0.3, 0.4) is 0 Å². The van der Waals surface area contributed by atoms with Crippen molar-refractivity contribution < 1.29 is 4.79 Å². The number of amides is 1. The number of carbonyl (C=O) groups is 1. The molecule has 0 saturated carbocycles. The van der Waals surface area contributed by atoms with Crippen LogP contribution in [-0.2, 0) is 0 Å². The number of aromatic nitrogens is 2. The van der Waals surface area contributed by atoms with E-state index in [1.165, 1.54) is 11.1 Å². The fourth-order valence-corrected chi connectivity index (χ4v) is 2.93. The molecule has 0 radical (unpaired) electrons. The molecule has 1 atom stereocenters. The van der Waals surface area contributed by atoms with Gasteiger partial charge in [-0.2, -0.15) is 0 Å². The summed E-state index contributed by atoms with van der Waals surface area (Å²) in [5.41, 5.74) is 8.02. The van der Waals surface area contributed by atoms with Crippen molar-refractivity contribution in [3.63, 3.8) is 0 Å². The van der Waals surface area contributed by atoms with E-state index >= 15 is 0 Å². The van der Waals surface area contributed by atoms with Gasteiger partial charge in [-0.05, 0) is 43.0 Å². The van der Waals surface area contributed by atoms with Crippen LogP contribution in [0.25, 0.3) is 0 Å². The number of nitrogens with two attached hydrogens (primary N) is 1. The van der Waals surface area contributed by atoms with E-state index in [1.807, 2.05) is 6.07 Å². The maximum Gasteiger partial charge on any atom is 0.269 e. The van der Waals surface area contributed by atoms with E-state index in [9.17, 15) is 4.79 Å². The number of benzene rings is 1. The summed E-state index contributed by atoms with van der Waals surface area (Å²) in [6.07, 6.45) is 2.22. The molecule has 1 aliphatic heterocycles. The molecular weight excluding hydrogens is 264 g/mol. The molecule has 1 aromatic heterocycles. The zero-order valence-corrected chi connectivity index (χ0v) is 12.0. The zero-order valence-electron chi connectivity index (χ0n) is 12.0. The fourth-order valence-electron chi connectivity index (χ4n) is 2.93. The molecule has 0 spiro atoms. The zero-order chi connectivity index (χ0) is 14.8. The van der Waals surface area contributed by atoms with Gasteiger partial charge in [0.1, 0.15) is 0 Å². The summed E-state index contributed by atoms with van der Waals surface area (Å²) in [6.45, 7) is 3.08. The van der Waals surface area contributed by atoms with E-state index < -0.39 is 5.91 Å². The number of hydrogen-bond acceptors (Lipinski definition) is 4. The van der Waals surface area contributed by atoms with E-state index in [4.69, 9.17) is 5.73 Å². The smallest absolute Gasteiger partial charge is 0.269 e. The average Bonchev–Trinajstić information content (AvgIpc) is 2.97. The summed E-state index contributed by atoms with van der Waals surface area (Å²) < 4.78 is 0. The van der Waals surface area contributed by atoms with Crippen LogP contribution in [0.4, 0.5) is 5.82 Å². The Hall–Kier alpha value is -2.43. The van der Waals surface area contributed by atoms with Crippen LogP contribution in [-0.4, -0.2) is 22.6 Å². The standard InChI is InChI=1S/C16H18N4O/c1-11-5-2-3-6-12(11)14-7-4-10-20(14)15-9-8-13(16(17)21)18-19-15/h2-3,5-6,8-9,14H,4,7,10H2,1H3,(H2,17,21)/t14-/m1/s1. The number of hydrogen-bond donors (Lipinski definition) is 1. The predicted molar refractivity (Wildman–Crippen MR) is 81.0 cm³/mol. The second-order valence-electron chi connectivity index (χ2n) is 5.35. The molecule has 1 saturated heterocycles. The lowest BCUT2D eigenvalue weighted by molar-refractivity contribution is 0.0994. The fraction of sp³-hybridized carbons (Fsp3) is 0.312. The molecule has 1 aromatic carbocycles. The van der Waals surface area contributed by atoms with Crippen LogP contribution in [0, 0.1) is 6.92 Å². The number of carbonyl (C=O) groups excluding carboxylic acids is 1. The third-order valence-corrected chi connectivity index (χ3v) is 4.00. The van der Waals surface area contributed by atoms with Crippen molar-refractivity contribution in [2.75, 3.05) is 11.4 Å². The first-order valence-corrected chi connectivity index (χ1v) is 7.12. The molecule has 1 fully saturated rings. The van der Waals surface area contributed by atoms with Gasteiger partial charge in [0.15, 0.2) is 11.5 Å². The summed E-state index contributed by atoms with van der Waals surface area (Å²) >= 11 is 0. The van der Waals surface area contributed by atoms with E-state index in [2.05, 4.69) is 46.3 Å². The van der Waals surface area contributed by atoms with Crippen molar-refractivity contribution in [2.24, 2.45) is 5.73 Å². The molecule has 5 nitrogen and oxygen atoms in total. The maximum atomic E-state index is 11.1. The van der Waals surface area contributed by atoms with E-state index in [0.717, 1.165) is 25.2 Å². The first kappa shape index (κ1) is 13.5. The highest BCUT2D eigenvalue weighted by Gasteiger charge is 2.28. The van der Waals surface area contributed by atoms with Gasteiger partial charge >= 0.3 is 0 Å². The van der Waals surface area contributed by atoms with Crippen molar-refractivity contribution in [2.45, 2.75) is 25.8 Å². The lowest BCUT2D eigenvalue weighted by Crippen LogP contribution is -2.25. The summed E-state index contributed by atoms with van der Waals surface area (Å²) in [5, 5.41) is 8.07. The van der Waals surface area contributed by atoms with Gasteiger partial charge in [0.2, 0.25) is 0 Å². The lowest BCUT2D eigenvalue weighted by Gasteiger charge is -2.26. The molecule has 2 heterocycles. The number of primary amides is 1. The summed E-state index contributed by atoms with van der Waals surface area (Å²) in [7, 11) is 0. The largest absolute Gasteiger partial charge is 0.364 e. The predicted octanol–water partition coefficient (Wildman–Crippen LogP) is 2.23. The maximum absolute atomic E-state index is 11.1. The Morgan fingerprint density at radius 2 is 2.05 bits per heavy atom. The van der Waals surface area contributed by atoms with Crippen molar-refractivity contribution in [1.82, 2.24) is 10.2 Å². The second-order valence-corrected chi connectivity index (χ2v) is 5.35. The van der Waals surface area contributed by atoms with Crippen molar-refractivity contribution >= 4 is 11.7 Å². The molecule has 1 amide bonds. The lowest BCUT2D eigenvalue weighted by atomic mass is 9.99. The van der Waals surface area contributed by atoms with Crippen LogP contribution in [0.2, 0.25) is 0 Å². The Morgan fingerprint density at radius 3 is 2.71 bits per heavy atom. The monoisotopic (exact) mass is 282 g/mol. The second kappa shape index (κ2) is 5.52. The molecule has 2 N–H and O–H groups in total. The van der Waals surface area contributed by atoms with Crippen molar-refractivity contribution in [3.05, 3.63) is 53.2 Å². The van der Waals surface area contributed by atoms with Crippen LogP contribution < -0.4 is 10.6 Å². The molecule has 1 aliphatic rings. The highest BCUT2D eigenvalue weighted by molar-refractivity contribution is 5.90. The van der Waals surface area contributed by atoms with Gasteiger partial charge in [-0.3, -0.25) is 4.79 Å². The normalized spacial score (nSPS) is 18.0.